The van der Waals surface area contributed by atoms with E-state index in [1.54, 1.807) is 12.1 Å². The Morgan fingerprint density at radius 2 is 1.81 bits per heavy atom. The first-order chi connectivity index (χ1) is 12.2. The first-order valence-electron chi connectivity index (χ1n) is 8.22. The van der Waals surface area contributed by atoms with Gasteiger partial charge in [-0.15, -0.1) is 0 Å². The molecule has 0 aliphatic rings. The number of amides is 2. The van der Waals surface area contributed by atoms with Gasteiger partial charge in [0.25, 0.3) is 0 Å². The van der Waals surface area contributed by atoms with Crippen LogP contribution < -0.4 is 10.6 Å². The van der Waals surface area contributed by atoms with E-state index in [0.29, 0.717) is 12.0 Å². The summed E-state index contributed by atoms with van der Waals surface area (Å²) >= 11 is 0. The highest BCUT2D eigenvalue weighted by molar-refractivity contribution is 5.74. The molecule has 0 radical (unpaired) electrons. The molecule has 0 bridgehead atoms. The van der Waals surface area contributed by atoms with Crippen molar-refractivity contribution in [3.63, 3.8) is 0 Å². The van der Waals surface area contributed by atoms with Crippen LogP contribution in [0, 0.1) is 0 Å². The van der Waals surface area contributed by atoms with Gasteiger partial charge in [0.05, 0.1) is 5.56 Å². The van der Waals surface area contributed by atoms with Crippen molar-refractivity contribution >= 4 is 6.03 Å². The monoisotopic (exact) mass is 366 g/mol. The summed E-state index contributed by atoms with van der Waals surface area (Å²) in [4.78, 5) is 11.9. The maximum Gasteiger partial charge on any atom is 0.416 e. The molecule has 3 N–H and O–H groups in total. The van der Waals surface area contributed by atoms with Crippen LogP contribution in [0.3, 0.4) is 0 Å². The van der Waals surface area contributed by atoms with Crippen molar-refractivity contribution in [2.24, 2.45) is 0 Å². The molecule has 1 unspecified atom stereocenters. The van der Waals surface area contributed by atoms with E-state index < -0.39 is 17.8 Å². The predicted molar refractivity (Wildman–Crippen MR) is 92.7 cm³/mol. The molecule has 0 spiro atoms. The van der Waals surface area contributed by atoms with Gasteiger partial charge in [-0.2, -0.15) is 13.2 Å². The molecule has 0 saturated heterocycles. The van der Waals surface area contributed by atoms with E-state index in [1.165, 1.54) is 12.1 Å². The molecule has 0 saturated carbocycles. The van der Waals surface area contributed by atoms with Crippen molar-refractivity contribution in [3.8, 4) is 5.75 Å². The molecule has 140 valence electrons. The topological polar surface area (TPSA) is 61.4 Å². The third kappa shape index (κ3) is 6.31. The van der Waals surface area contributed by atoms with Crippen LogP contribution in [0.2, 0.25) is 0 Å². The Labute approximate surface area is 150 Å². The number of hydrogen-bond donors (Lipinski definition) is 3. The van der Waals surface area contributed by atoms with Crippen LogP contribution >= 0.6 is 0 Å². The third-order valence-electron chi connectivity index (χ3n) is 3.89. The minimum Gasteiger partial charge on any atom is -0.508 e. The van der Waals surface area contributed by atoms with E-state index in [1.807, 2.05) is 19.1 Å². The summed E-state index contributed by atoms with van der Waals surface area (Å²) in [6.45, 7) is 1.87. The molecule has 1 atom stereocenters. The van der Waals surface area contributed by atoms with Gasteiger partial charge in [-0.1, -0.05) is 24.3 Å². The standard InChI is InChI=1S/C19H21F3N2O2/c1-13(5-6-14-7-9-17(25)10-8-14)24-18(26)23-12-15-3-2-4-16(11-15)19(20,21)22/h2-4,7-11,13,25H,5-6,12H2,1H3,(H2,23,24,26). The molecule has 4 nitrogen and oxygen atoms in total. The second-order valence-electron chi connectivity index (χ2n) is 6.13. The van der Waals surface area contributed by atoms with Crippen molar-refractivity contribution in [2.75, 3.05) is 0 Å². The molecular formula is C19H21F3N2O2. The number of aromatic hydroxyl groups is 1. The summed E-state index contributed by atoms with van der Waals surface area (Å²) < 4.78 is 38.0. The lowest BCUT2D eigenvalue weighted by Gasteiger charge is -2.15. The number of alkyl halides is 3. The van der Waals surface area contributed by atoms with E-state index in [-0.39, 0.29) is 18.3 Å². The van der Waals surface area contributed by atoms with Crippen LogP contribution in [0.15, 0.2) is 48.5 Å². The minimum absolute atomic E-state index is 0.0143. The van der Waals surface area contributed by atoms with Gasteiger partial charge in [-0.05, 0) is 55.2 Å². The third-order valence-corrected chi connectivity index (χ3v) is 3.89. The van der Waals surface area contributed by atoms with Crippen LogP contribution in [0.25, 0.3) is 0 Å². The van der Waals surface area contributed by atoms with E-state index >= 15 is 0 Å². The number of benzene rings is 2. The van der Waals surface area contributed by atoms with Crippen LogP contribution in [-0.4, -0.2) is 17.2 Å². The Hall–Kier alpha value is -2.70. The summed E-state index contributed by atoms with van der Waals surface area (Å²) in [5.41, 5.74) is 0.687. The molecule has 0 fully saturated rings. The quantitative estimate of drug-likeness (QED) is 0.716. The highest BCUT2D eigenvalue weighted by atomic mass is 19.4. The normalized spacial score (nSPS) is 12.5. The Morgan fingerprint density at radius 3 is 2.46 bits per heavy atom. The molecule has 0 aliphatic carbocycles. The van der Waals surface area contributed by atoms with Gasteiger partial charge in [-0.3, -0.25) is 0 Å². The molecule has 2 aromatic rings. The van der Waals surface area contributed by atoms with Crippen LogP contribution in [0.4, 0.5) is 18.0 Å². The Kier molecular flexibility index (Phi) is 6.49. The number of urea groups is 1. The van der Waals surface area contributed by atoms with Gasteiger partial charge in [-0.25, -0.2) is 4.79 Å². The Bertz CT molecular complexity index is 730. The number of phenols is 1. The largest absolute Gasteiger partial charge is 0.508 e. The van der Waals surface area contributed by atoms with Gasteiger partial charge < -0.3 is 15.7 Å². The summed E-state index contributed by atoms with van der Waals surface area (Å²) in [6, 6.07) is 11.2. The summed E-state index contributed by atoms with van der Waals surface area (Å²) in [5, 5.41) is 14.6. The summed E-state index contributed by atoms with van der Waals surface area (Å²) in [6.07, 6.45) is -2.97. The number of aryl methyl sites for hydroxylation is 1. The molecule has 2 aromatic carbocycles. The highest BCUT2D eigenvalue weighted by Crippen LogP contribution is 2.29. The second-order valence-corrected chi connectivity index (χ2v) is 6.13. The maximum atomic E-state index is 12.7. The summed E-state index contributed by atoms with van der Waals surface area (Å²) in [5.74, 6) is 0.203. The molecule has 0 aromatic heterocycles. The first-order valence-corrected chi connectivity index (χ1v) is 8.22. The fourth-order valence-electron chi connectivity index (χ4n) is 2.43. The summed E-state index contributed by atoms with van der Waals surface area (Å²) in [7, 11) is 0. The molecule has 7 heteroatoms. The molecule has 0 aliphatic heterocycles. The van der Waals surface area contributed by atoms with Gasteiger partial charge >= 0.3 is 12.2 Å². The van der Waals surface area contributed by atoms with Gasteiger partial charge in [0.2, 0.25) is 0 Å². The van der Waals surface area contributed by atoms with Crippen LogP contribution in [0.5, 0.6) is 5.75 Å². The minimum atomic E-state index is -4.40. The zero-order chi connectivity index (χ0) is 19.2. The van der Waals surface area contributed by atoms with E-state index in [2.05, 4.69) is 10.6 Å². The van der Waals surface area contributed by atoms with Crippen molar-refractivity contribution in [3.05, 3.63) is 65.2 Å². The number of phenolic OH excluding ortho intramolecular Hbond substituents is 1. The van der Waals surface area contributed by atoms with Crippen molar-refractivity contribution in [2.45, 2.75) is 38.5 Å². The Morgan fingerprint density at radius 1 is 1.12 bits per heavy atom. The Balaban J connectivity index is 1.76. The van der Waals surface area contributed by atoms with Gasteiger partial charge in [0.1, 0.15) is 5.75 Å². The highest BCUT2D eigenvalue weighted by Gasteiger charge is 2.30. The fraction of sp³-hybridized carbons (Fsp3) is 0.316. The molecular weight excluding hydrogens is 345 g/mol. The number of carbonyl (C=O) groups is 1. The number of carbonyl (C=O) groups excluding carboxylic acids is 1. The number of nitrogens with one attached hydrogen (secondary N) is 2. The van der Waals surface area contributed by atoms with Gasteiger partial charge in [0.15, 0.2) is 0 Å². The lowest BCUT2D eigenvalue weighted by molar-refractivity contribution is -0.137. The molecule has 2 rings (SSSR count). The van der Waals surface area contributed by atoms with E-state index in [0.717, 1.165) is 24.1 Å². The average Bonchev–Trinajstić information content (AvgIpc) is 2.59. The second kappa shape index (κ2) is 8.60. The zero-order valence-electron chi connectivity index (χ0n) is 14.3. The first kappa shape index (κ1) is 19.6. The van der Waals surface area contributed by atoms with Gasteiger partial charge in [0, 0.05) is 12.6 Å². The van der Waals surface area contributed by atoms with Crippen molar-refractivity contribution in [1.29, 1.82) is 0 Å². The van der Waals surface area contributed by atoms with Crippen LogP contribution in [-0.2, 0) is 19.1 Å². The number of hydrogen-bond acceptors (Lipinski definition) is 2. The fourth-order valence-corrected chi connectivity index (χ4v) is 2.43. The number of rotatable bonds is 6. The lowest BCUT2D eigenvalue weighted by Crippen LogP contribution is -2.40. The van der Waals surface area contributed by atoms with Crippen molar-refractivity contribution in [1.82, 2.24) is 10.6 Å². The zero-order valence-corrected chi connectivity index (χ0v) is 14.3. The molecule has 26 heavy (non-hydrogen) atoms. The smallest absolute Gasteiger partial charge is 0.416 e. The molecule has 2 amide bonds. The van der Waals surface area contributed by atoms with Crippen LogP contribution in [0.1, 0.15) is 30.0 Å². The average molecular weight is 366 g/mol. The molecule has 0 heterocycles. The van der Waals surface area contributed by atoms with Crippen molar-refractivity contribution < 1.29 is 23.1 Å². The van der Waals surface area contributed by atoms with E-state index in [9.17, 15) is 23.1 Å². The van der Waals surface area contributed by atoms with E-state index in [4.69, 9.17) is 0 Å². The lowest BCUT2D eigenvalue weighted by atomic mass is 10.1. The maximum absolute atomic E-state index is 12.7. The predicted octanol–water partition coefficient (Wildman–Crippen LogP) is 4.23. The number of halogens is 3. The SMILES string of the molecule is CC(CCc1ccc(O)cc1)NC(=O)NCc1cccc(C(F)(F)F)c1.